The lowest BCUT2D eigenvalue weighted by Crippen LogP contribution is -2.33. The second-order valence-corrected chi connectivity index (χ2v) is 4.78. The second kappa shape index (κ2) is 5.93. The summed E-state index contributed by atoms with van der Waals surface area (Å²) >= 11 is 0. The zero-order valence-corrected chi connectivity index (χ0v) is 10.2. The predicted molar refractivity (Wildman–Crippen MR) is 68.2 cm³/mol. The minimum atomic E-state index is -0.393. The van der Waals surface area contributed by atoms with E-state index in [1.807, 2.05) is 0 Å². The van der Waals surface area contributed by atoms with Crippen molar-refractivity contribution in [3.05, 3.63) is 39.9 Å². The first-order valence-electron chi connectivity index (χ1n) is 6.28. The van der Waals surface area contributed by atoms with Crippen molar-refractivity contribution >= 4 is 5.69 Å². The largest absolute Gasteiger partial charge is 0.396 e. The van der Waals surface area contributed by atoms with Crippen LogP contribution in [-0.4, -0.2) is 22.7 Å². The Bertz CT molecular complexity index is 405. The van der Waals surface area contributed by atoms with Gasteiger partial charge >= 0.3 is 0 Å². The fourth-order valence-corrected chi connectivity index (χ4v) is 2.51. The van der Waals surface area contributed by atoms with Crippen molar-refractivity contribution in [2.75, 3.05) is 6.61 Å². The van der Waals surface area contributed by atoms with Crippen molar-refractivity contribution in [1.82, 2.24) is 5.32 Å². The Hall–Kier alpha value is -1.46. The van der Waals surface area contributed by atoms with Crippen molar-refractivity contribution in [2.24, 2.45) is 5.92 Å². The van der Waals surface area contributed by atoms with E-state index in [0.29, 0.717) is 18.5 Å². The van der Waals surface area contributed by atoms with Gasteiger partial charge in [0.05, 0.1) is 4.92 Å². The Labute approximate surface area is 106 Å². The summed E-state index contributed by atoms with van der Waals surface area (Å²) in [6.07, 6.45) is 3.33. The van der Waals surface area contributed by atoms with E-state index >= 15 is 0 Å². The summed E-state index contributed by atoms with van der Waals surface area (Å²) in [5, 5.41) is 23.2. The summed E-state index contributed by atoms with van der Waals surface area (Å²) in [5.41, 5.74) is 1.15. The molecule has 0 aromatic heterocycles. The first-order valence-corrected chi connectivity index (χ1v) is 6.28. The Morgan fingerprint density at radius 1 is 1.33 bits per heavy atom. The van der Waals surface area contributed by atoms with Gasteiger partial charge in [-0.05, 0) is 24.3 Å². The van der Waals surface area contributed by atoms with Gasteiger partial charge < -0.3 is 10.4 Å². The molecule has 0 amide bonds. The highest BCUT2D eigenvalue weighted by molar-refractivity contribution is 5.32. The minimum Gasteiger partial charge on any atom is -0.396 e. The van der Waals surface area contributed by atoms with Gasteiger partial charge in [0.1, 0.15) is 0 Å². The molecule has 2 rings (SSSR count). The summed E-state index contributed by atoms with van der Waals surface area (Å²) in [5.74, 6) is 0.350. The summed E-state index contributed by atoms with van der Waals surface area (Å²) in [6.45, 7) is 0.928. The van der Waals surface area contributed by atoms with E-state index in [9.17, 15) is 15.2 Å². The van der Waals surface area contributed by atoms with E-state index in [2.05, 4.69) is 5.32 Å². The number of nitrogens with one attached hydrogen (secondary N) is 1. The number of rotatable bonds is 5. The first kappa shape index (κ1) is 13.0. The van der Waals surface area contributed by atoms with E-state index in [4.69, 9.17) is 0 Å². The Morgan fingerprint density at radius 3 is 2.67 bits per heavy atom. The number of aliphatic hydroxyl groups excluding tert-OH is 1. The number of nitro benzene ring substituents is 1. The van der Waals surface area contributed by atoms with E-state index in [1.54, 1.807) is 12.1 Å². The average Bonchev–Trinajstić information content (AvgIpc) is 2.84. The van der Waals surface area contributed by atoms with Crippen molar-refractivity contribution in [3.8, 4) is 0 Å². The number of hydrogen-bond acceptors (Lipinski definition) is 4. The third-order valence-electron chi connectivity index (χ3n) is 3.61. The molecule has 2 atom stereocenters. The van der Waals surface area contributed by atoms with Gasteiger partial charge in [0, 0.05) is 31.3 Å². The van der Waals surface area contributed by atoms with Crippen LogP contribution >= 0.6 is 0 Å². The highest BCUT2D eigenvalue weighted by atomic mass is 16.6. The van der Waals surface area contributed by atoms with Gasteiger partial charge in [0.2, 0.25) is 0 Å². The summed E-state index contributed by atoms with van der Waals surface area (Å²) < 4.78 is 0. The third kappa shape index (κ3) is 3.05. The number of hydrogen-bond donors (Lipinski definition) is 2. The molecule has 1 saturated carbocycles. The second-order valence-electron chi connectivity index (χ2n) is 4.78. The van der Waals surface area contributed by atoms with Gasteiger partial charge in [-0.2, -0.15) is 0 Å². The molecule has 0 saturated heterocycles. The summed E-state index contributed by atoms with van der Waals surface area (Å²) in [7, 11) is 0. The molecule has 98 valence electrons. The van der Waals surface area contributed by atoms with Gasteiger partial charge in [-0.3, -0.25) is 10.1 Å². The molecule has 1 aromatic carbocycles. The molecule has 18 heavy (non-hydrogen) atoms. The lowest BCUT2D eigenvalue weighted by Gasteiger charge is -2.18. The fourth-order valence-electron chi connectivity index (χ4n) is 2.51. The van der Waals surface area contributed by atoms with E-state index in [0.717, 1.165) is 24.8 Å². The number of nitrogens with zero attached hydrogens (tertiary/aromatic N) is 1. The Kier molecular flexibility index (Phi) is 4.28. The molecule has 1 aromatic rings. The summed E-state index contributed by atoms with van der Waals surface area (Å²) in [4.78, 5) is 10.1. The Balaban J connectivity index is 1.88. The zero-order chi connectivity index (χ0) is 13.0. The SMILES string of the molecule is O=[N+]([O-])c1ccc(CNC2CCCC2CO)cc1. The maximum Gasteiger partial charge on any atom is 0.269 e. The smallest absolute Gasteiger partial charge is 0.269 e. The molecule has 5 heteroatoms. The zero-order valence-electron chi connectivity index (χ0n) is 10.2. The van der Waals surface area contributed by atoms with Gasteiger partial charge in [-0.25, -0.2) is 0 Å². The van der Waals surface area contributed by atoms with E-state index in [-0.39, 0.29) is 12.3 Å². The molecule has 2 unspecified atom stereocenters. The molecule has 0 spiro atoms. The van der Waals surface area contributed by atoms with Crippen LogP contribution in [0.15, 0.2) is 24.3 Å². The first-order chi connectivity index (χ1) is 8.70. The number of nitro groups is 1. The molecule has 0 bridgehead atoms. The highest BCUT2D eigenvalue weighted by Crippen LogP contribution is 2.25. The monoisotopic (exact) mass is 250 g/mol. The molecule has 1 fully saturated rings. The van der Waals surface area contributed by atoms with Crippen LogP contribution in [0.2, 0.25) is 0 Å². The van der Waals surface area contributed by atoms with Crippen LogP contribution in [0.4, 0.5) is 5.69 Å². The molecule has 1 aliphatic rings. The van der Waals surface area contributed by atoms with Crippen LogP contribution in [0.5, 0.6) is 0 Å². The number of non-ortho nitro benzene ring substituents is 1. The quantitative estimate of drug-likeness (QED) is 0.617. The maximum atomic E-state index is 10.5. The van der Waals surface area contributed by atoms with E-state index < -0.39 is 4.92 Å². The predicted octanol–water partition coefficient (Wildman–Crippen LogP) is 1.85. The topological polar surface area (TPSA) is 75.4 Å². The van der Waals surface area contributed by atoms with Crippen LogP contribution in [0.3, 0.4) is 0 Å². The fraction of sp³-hybridized carbons (Fsp3) is 0.538. The number of aliphatic hydroxyl groups is 1. The van der Waals surface area contributed by atoms with Gasteiger partial charge in [-0.15, -0.1) is 0 Å². The van der Waals surface area contributed by atoms with Crippen LogP contribution in [0.25, 0.3) is 0 Å². The Morgan fingerprint density at radius 2 is 2.06 bits per heavy atom. The van der Waals surface area contributed by atoms with Crippen molar-refractivity contribution in [3.63, 3.8) is 0 Å². The van der Waals surface area contributed by atoms with Gasteiger partial charge in [0.25, 0.3) is 5.69 Å². The molecule has 5 nitrogen and oxygen atoms in total. The lowest BCUT2D eigenvalue weighted by molar-refractivity contribution is -0.384. The molecular formula is C13H18N2O3. The standard InChI is InChI=1S/C13H18N2O3/c16-9-11-2-1-3-13(11)14-8-10-4-6-12(7-5-10)15(17)18/h4-7,11,13-14,16H,1-3,8-9H2. The molecule has 0 aliphatic heterocycles. The van der Waals surface area contributed by atoms with Crippen LogP contribution < -0.4 is 5.32 Å². The van der Waals surface area contributed by atoms with Crippen molar-refractivity contribution in [2.45, 2.75) is 31.8 Å². The molecular weight excluding hydrogens is 232 g/mol. The van der Waals surface area contributed by atoms with Crippen LogP contribution in [0, 0.1) is 16.0 Å². The number of benzene rings is 1. The highest BCUT2D eigenvalue weighted by Gasteiger charge is 2.25. The normalized spacial score (nSPS) is 23.2. The summed E-state index contributed by atoms with van der Waals surface area (Å²) in [6, 6.07) is 6.96. The van der Waals surface area contributed by atoms with Gasteiger partial charge in [0.15, 0.2) is 0 Å². The lowest BCUT2D eigenvalue weighted by atomic mass is 10.0. The average molecular weight is 250 g/mol. The van der Waals surface area contributed by atoms with Crippen LogP contribution in [-0.2, 0) is 6.54 Å². The third-order valence-corrected chi connectivity index (χ3v) is 3.61. The minimum absolute atomic E-state index is 0.118. The molecule has 0 radical (unpaired) electrons. The van der Waals surface area contributed by atoms with Crippen LogP contribution in [0.1, 0.15) is 24.8 Å². The molecule has 2 N–H and O–H groups in total. The molecule has 0 heterocycles. The van der Waals surface area contributed by atoms with Crippen molar-refractivity contribution in [1.29, 1.82) is 0 Å². The maximum absolute atomic E-state index is 10.5. The molecule has 1 aliphatic carbocycles. The van der Waals surface area contributed by atoms with E-state index in [1.165, 1.54) is 12.1 Å². The van der Waals surface area contributed by atoms with Gasteiger partial charge in [-0.1, -0.05) is 18.6 Å². The van der Waals surface area contributed by atoms with Crippen molar-refractivity contribution < 1.29 is 10.0 Å².